The Morgan fingerprint density at radius 2 is 1.89 bits per heavy atom. The lowest BCUT2D eigenvalue weighted by molar-refractivity contribution is -0.137. The molecule has 0 aromatic carbocycles. The summed E-state index contributed by atoms with van der Waals surface area (Å²) < 4.78 is 26.1. The van der Waals surface area contributed by atoms with Gasteiger partial charge in [0.15, 0.2) is 0 Å². The number of hydrogen-bond donors (Lipinski definition) is 1. The highest BCUT2D eigenvalue weighted by Gasteiger charge is 2.36. The van der Waals surface area contributed by atoms with E-state index in [0.29, 0.717) is 19.3 Å². The normalized spacial score (nSPS) is 19.9. The molecule has 0 bridgehead atoms. The first kappa shape index (κ1) is 15.4. The van der Waals surface area contributed by atoms with Gasteiger partial charge in [-0.05, 0) is 26.2 Å². The average molecular weight is 277 g/mol. The number of hydrogen-bond acceptors (Lipinski definition) is 3. The minimum Gasteiger partial charge on any atom is -0.480 e. The van der Waals surface area contributed by atoms with Crippen molar-refractivity contribution >= 4 is 16.0 Å². The van der Waals surface area contributed by atoms with Crippen molar-refractivity contribution in [3.8, 4) is 0 Å². The van der Waals surface area contributed by atoms with Crippen molar-refractivity contribution in [2.45, 2.75) is 63.7 Å². The lowest BCUT2D eigenvalue weighted by Gasteiger charge is -2.32. The van der Waals surface area contributed by atoms with Crippen molar-refractivity contribution in [3.05, 3.63) is 0 Å². The van der Waals surface area contributed by atoms with Gasteiger partial charge in [0, 0.05) is 6.04 Å². The molecule has 1 aliphatic rings. The second-order valence-electron chi connectivity index (χ2n) is 5.00. The predicted octanol–water partition coefficient (Wildman–Crippen LogP) is 1.83. The van der Waals surface area contributed by atoms with Gasteiger partial charge in [-0.25, -0.2) is 8.42 Å². The number of carbonyl (C=O) groups is 1. The average Bonchev–Trinajstić information content (AvgIpc) is 2.35. The largest absolute Gasteiger partial charge is 0.480 e. The van der Waals surface area contributed by atoms with Crippen molar-refractivity contribution < 1.29 is 18.3 Å². The molecule has 0 radical (unpaired) electrons. The van der Waals surface area contributed by atoms with Crippen LogP contribution in [0.4, 0.5) is 0 Å². The van der Waals surface area contributed by atoms with Gasteiger partial charge in [-0.1, -0.05) is 26.2 Å². The number of carboxylic acid groups (broad SMARTS) is 1. The van der Waals surface area contributed by atoms with E-state index in [1.807, 2.05) is 6.92 Å². The third-order valence-corrected chi connectivity index (χ3v) is 6.13. The van der Waals surface area contributed by atoms with Crippen LogP contribution < -0.4 is 0 Å². The Hall–Kier alpha value is -0.620. The second-order valence-corrected chi connectivity index (χ2v) is 7.17. The van der Waals surface area contributed by atoms with Gasteiger partial charge in [0.25, 0.3) is 0 Å². The number of nitrogens with zero attached hydrogens (tertiary/aromatic N) is 1. The Kier molecular flexibility index (Phi) is 5.59. The molecule has 0 heterocycles. The zero-order valence-corrected chi connectivity index (χ0v) is 11.9. The van der Waals surface area contributed by atoms with Crippen LogP contribution >= 0.6 is 0 Å². The number of rotatable bonds is 6. The van der Waals surface area contributed by atoms with E-state index in [1.165, 1.54) is 4.31 Å². The van der Waals surface area contributed by atoms with Crippen LogP contribution in [0, 0.1) is 0 Å². The van der Waals surface area contributed by atoms with Gasteiger partial charge in [-0.15, -0.1) is 0 Å². The SMILES string of the molecule is CCC(C)N(CC(=O)O)S(=O)(=O)C1CCCCC1. The van der Waals surface area contributed by atoms with E-state index in [9.17, 15) is 13.2 Å². The van der Waals surface area contributed by atoms with Crippen LogP contribution in [0.1, 0.15) is 52.4 Å². The van der Waals surface area contributed by atoms with Crippen LogP contribution in [-0.2, 0) is 14.8 Å². The highest BCUT2D eigenvalue weighted by Crippen LogP contribution is 2.27. The Labute approximate surface area is 109 Å². The van der Waals surface area contributed by atoms with E-state index in [4.69, 9.17) is 5.11 Å². The fourth-order valence-corrected chi connectivity index (χ4v) is 4.64. The molecule has 0 amide bonds. The molecule has 1 saturated carbocycles. The molecule has 0 saturated heterocycles. The van der Waals surface area contributed by atoms with Crippen molar-refractivity contribution in [1.82, 2.24) is 4.31 Å². The fourth-order valence-electron chi connectivity index (χ4n) is 2.39. The van der Waals surface area contributed by atoms with Crippen LogP contribution in [0.5, 0.6) is 0 Å². The molecule has 0 aromatic heterocycles. The summed E-state index contributed by atoms with van der Waals surface area (Å²) in [6, 6.07) is -0.256. The number of carboxylic acids is 1. The van der Waals surface area contributed by atoms with Crippen LogP contribution in [0.15, 0.2) is 0 Å². The first-order valence-corrected chi connectivity index (χ1v) is 8.12. The van der Waals surface area contributed by atoms with E-state index in [2.05, 4.69) is 0 Å². The quantitative estimate of drug-likeness (QED) is 0.803. The Morgan fingerprint density at radius 3 is 2.33 bits per heavy atom. The second kappa shape index (κ2) is 6.52. The van der Waals surface area contributed by atoms with Gasteiger partial charge < -0.3 is 5.11 Å². The van der Waals surface area contributed by atoms with Gasteiger partial charge in [0.05, 0.1) is 5.25 Å². The molecule has 5 nitrogen and oxygen atoms in total. The third-order valence-electron chi connectivity index (χ3n) is 3.67. The summed E-state index contributed by atoms with van der Waals surface area (Å²) in [7, 11) is -3.48. The van der Waals surface area contributed by atoms with Gasteiger partial charge in [0.1, 0.15) is 6.54 Å². The minimum atomic E-state index is -3.48. The maximum atomic E-state index is 12.5. The lowest BCUT2D eigenvalue weighted by Crippen LogP contribution is -2.46. The van der Waals surface area contributed by atoms with E-state index in [1.54, 1.807) is 6.92 Å². The summed E-state index contributed by atoms with van der Waals surface area (Å²) in [5, 5.41) is 8.49. The maximum absolute atomic E-state index is 12.5. The van der Waals surface area contributed by atoms with Crippen molar-refractivity contribution in [2.75, 3.05) is 6.54 Å². The molecule has 1 rings (SSSR count). The van der Waals surface area contributed by atoms with Gasteiger partial charge >= 0.3 is 5.97 Å². The van der Waals surface area contributed by atoms with Gasteiger partial charge in [-0.3, -0.25) is 4.79 Å². The molecular formula is C12H23NO4S. The van der Waals surface area contributed by atoms with Crippen molar-refractivity contribution in [2.24, 2.45) is 0 Å². The number of sulfonamides is 1. The van der Waals surface area contributed by atoms with E-state index < -0.39 is 22.5 Å². The summed E-state index contributed by atoms with van der Waals surface area (Å²) in [4.78, 5) is 10.9. The summed E-state index contributed by atoms with van der Waals surface area (Å²) in [5.41, 5.74) is 0. The van der Waals surface area contributed by atoms with Crippen LogP contribution in [0.25, 0.3) is 0 Å². The highest BCUT2D eigenvalue weighted by atomic mass is 32.2. The fraction of sp³-hybridized carbons (Fsp3) is 0.917. The lowest BCUT2D eigenvalue weighted by atomic mass is 10.0. The van der Waals surface area contributed by atoms with Crippen LogP contribution in [-0.4, -0.2) is 41.6 Å². The van der Waals surface area contributed by atoms with Gasteiger partial charge in [0.2, 0.25) is 10.0 Å². The summed E-state index contributed by atoms with van der Waals surface area (Å²) >= 11 is 0. The van der Waals surface area contributed by atoms with E-state index in [-0.39, 0.29) is 11.3 Å². The Morgan fingerprint density at radius 1 is 1.33 bits per heavy atom. The minimum absolute atomic E-state index is 0.256. The predicted molar refractivity (Wildman–Crippen MR) is 69.9 cm³/mol. The molecular weight excluding hydrogens is 254 g/mol. The molecule has 0 aliphatic heterocycles. The first-order chi connectivity index (χ1) is 8.39. The molecule has 1 atom stereocenters. The molecule has 6 heteroatoms. The van der Waals surface area contributed by atoms with Crippen molar-refractivity contribution in [3.63, 3.8) is 0 Å². The smallest absolute Gasteiger partial charge is 0.318 e. The zero-order chi connectivity index (χ0) is 13.8. The summed E-state index contributed by atoms with van der Waals surface area (Å²) in [6.07, 6.45) is 4.87. The van der Waals surface area contributed by atoms with E-state index in [0.717, 1.165) is 19.3 Å². The molecule has 1 aliphatic carbocycles. The maximum Gasteiger partial charge on any atom is 0.318 e. The Balaban J connectivity index is 2.90. The molecule has 18 heavy (non-hydrogen) atoms. The molecule has 1 fully saturated rings. The summed E-state index contributed by atoms with van der Waals surface area (Å²) in [5.74, 6) is -1.09. The van der Waals surface area contributed by atoms with E-state index >= 15 is 0 Å². The monoisotopic (exact) mass is 277 g/mol. The van der Waals surface area contributed by atoms with Gasteiger partial charge in [-0.2, -0.15) is 4.31 Å². The third kappa shape index (κ3) is 3.68. The zero-order valence-electron chi connectivity index (χ0n) is 11.1. The molecule has 1 unspecified atom stereocenters. The van der Waals surface area contributed by atoms with Crippen LogP contribution in [0.3, 0.4) is 0 Å². The van der Waals surface area contributed by atoms with Crippen molar-refractivity contribution in [1.29, 1.82) is 0 Å². The first-order valence-electron chi connectivity index (χ1n) is 6.62. The number of aliphatic carboxylic acids is 1. The molecule has 106 valence electrons. The standard InChI is InChI=1S/C12H23NO4S/c1-3-10(2)13(9-12(14)15)18(16,17)11-7-5-4-6-8-11/h10-11H,3-9H2,1-2H3,(H,14,15). The highest BCUT2D eigenvalue weighted by molar-refractivity contribution is 7.89. The van der Waals surface area contributed by atoms with Crippen LogP contribution in [0.2, 0.25) is 0 Å². The summed E-state index contributed by atoms with van der Waals surface area (Å²) in [6.45, 7) is 3.22. The Bertz CT molecular complexity index is 374. The topological polar surface area (TPSA) is 74.7 Å². The molecule has 0 aromatic rings. The molecule has 0 spiro atoms. The molecule has 1 N–H and O–H groups in total.